The van der Waals surface area contributed by atoms with E-state index in [4.69, 9.17) is 0 Å². The van der Waals surface area contributed by atoms with Crippen LogP contribution in [-0.2, 0) is 9.53 Å². The summed E-state index contributed by atoms with van der Waals surface area (Å²) < 4.78 is 4.55. The summed E-state index contributed by atoms with van der Waals surface area (Å²) in [5, 5.41) is 2.83. The third-order valence-electron chi connectivity index (χ3n) is 2.74. The number of unbranched alkanes of at least 4 members (excludes halogenated alkanes) is 2. The first-order chi connectivity index (χ1) is 9.13. The molecule has 5 nitrogen and oxygen atoms in total. The van der Waals surface area contributed by atoms with Crippen LogP contribution in [0.1, 0.15) is 41.7 Å². The summed E-state index contributed by atoms with van der Waals surface area (Å²) in [5.74, 6) is -0.296. The summed E-state index contributed by atoms with van der Waals surface area (Å²) in [5.41, 5.74) is 1.46. The summed E-state index contributed by atoms with van der Waals surface area (Å²) >= 11 is 0. The van der Waals surface area contributed by atoms with Crippen LogP contribution in [0.15, 0.2) is 18.3 Å². The predicted octanol–water partition coefficient (Wildman–Crippen LogP) is 1.85. The van der Waals surface area contributed by atoms with Crippen molar-refractivity contribution < 1.29 is 14.3 Å². The van der Waals surface area contributed by atoms with Crippen molar-refractivity contribution in [3.63, 3.8) is 0 Å². The van der Waals surface area contributed by atoms with Crippen molar-refractivity contribution >= 4 is 11.9 Å². The SMILES string of the molecule is COC(=O)CCCCCNC(=O)c1ccc(C)nc1. The van der Waals surface area contributed by atoms with Gasteiger partial charge < -0.3 is 10.1 Å². The van der Waals surface area contributed by atoms with E-state index in [0.29, 0.717) is 18.5 Å². The number of nitrogens with zero attached hydrogens (tertiary/aromatic N) is 1. The van der Waals surface area contributed by atoms with Gasteiger partial charge in [0.2, 0.25) is 0 Å². The highest BCUT2D eigenvalue weighted by Gasteiger charge is 2.04. The molecule has 0 saturated heterocycles. The van der Waals surface area contributed by atoms with Crippen molar-refractivity contribution in [3.8, 4) is 0 Å². The predicted molar refractivity (Wildman–Crippen MR) is 71.8 cm³/mol. The fourth-order valence-corrected chi connectivity index (χ4v) is 1.58. The summed E-state index contributed by atoms with van der Waals surface area (Å²) in [6.45, 7) is 2.48. The quantitative estimate of drug-likeness (QED) is 0.603. The van der Waals surface area contributed by atoms with Crippen molar-refractivity contribution in [2.24, 2.45) is 0 Å². The van der Waals surface area contributed by atoms with E-state index >= 15 is 0 Å². The second-order valence-electron chi connectivity index (χ2n) is 4.33. The lowest BCUT2D eigenvalue weighted by Gasteiger charge is -2.05. The normalized spacial score (nSPS) is 10.0. The number of amides is 1. The van der Waals surface area contributed by atoms with Gasteiger partial charge in [0.1, 0.15) is 0 Å². The van der Waals surface area contributed by atoms with Gasteiger partial charge >= 0.3 is 5.97 Å². The Bertz CT molecular complexity index is 415. The van der Waals surface area contributed by atoms with Crippen molar-refractivity contribution in [2.45, 2.75) is 32.6 Å². The molecule has 0 bridgehead atoms. The maximum Gasteiger partial charge on any atom is 0.305 e. The molecule has 0 aromatic carbocycles. The molecule has 5 heteroatoms. The Morgan fingerprint density at radius 1 is 1.26 bits per heavy atom. The molecule has 1 aromatic heterocycles. The number of nitrogens with one attached hydrogen (secondary N) is 1. The van der Waals surface area contributed by atoms with Crippen molar-refractivity contribution in [1.82, 2.24) is 10.3 Å². The molecule has 0 unspecified atom stereocenters. The fourth-order valence-electron chi connectivity index (χ4n) is 1.58. The zero-order valence-corrected chi connectivity index (χ0v) is 11.4. The average molecular weight is 264 g/mol. The number of methoxy groups -OCH3 is 1. The van der Waals surface area contributed by atoms with E-state index in [0.717, 1.165) is 25.0 Å². The standard InChI is InChI=1S/C14H20N2O3/c1-11-7-8-12(10-16-11)14(18)15-9-5-3-4-6-13(17)19-2/h7-8,10H,3-6,9H2,1-2H3,(H,15,18). The van der Waals surface area contributed by atoms with Crippen LogP contribution in [0.2, 0.25) is 0 Å². The monoisotopic (exact) mass is 264 g/mol. The van der Waals surface area contributed by atoms with Gasteiger partial charge in [0.25, 0.3) is 5.91 Å². The molecule has 19 heavy (non-hydrogen) atoms. The molecule has 104 valence electrons. The number of carbonyl (C=O) groups excluding carboxylic acids is 2. The van der Waals surface area contributed by atoms with Gasteiger partial charge in [0.15, 0.2) is 0 Å². The molecule has 1 amide bonds. The van der Waals surface area contributed by atoms with Crippen LogP contribution in [0.5, 0.6) is 0 Å². The molecule has 1 N–H and O–H groups in total. The van der Waals surface area contributed by atoms with Crippen LogP contribution in [0, 0.1) is 6.92 Å². The van der Waals surface area contributed by atoms with Gasteiger partial charge in [-0.25, -0.2) is 0 Å². The summed E-state index contributed by atoms with van der Waals surface area (Å²) in [4.78, 5) is 26.7. The van der Waals surface area contributed by atoms with Crippen molar-refractivity contribution in [1.29, 1.82) is 0 Å². The molecule has 0 fully saturated rings. The van der Waals surface area contributed by atoms with Gasteiger partial charge in [-0.05, 0) is 31.9 Å². The number of esters is 1. The Hall–Kier alpha value is -1.91. The first-order valence-corrected chi connectivity index (χ1v) is 6.41. The highest BCUT2D eigenvalue weighted by molar-refractivity contribution is 5.93. The number of hydrogen-bond acceptors (Lipinski definition) is 4. The van der Waals surface area contributed by atoms with Crippen LogP contribution in [-0.4, -0.2) is 30.5 Å². The summed E-state index contributed by atoms with van der Waals surface area (Å²) in [7, 11) is 1.39. The zero-order valence-electron chi connectivity index (χ0n) is 11.4. The van der Waals surface area contributed by atoms with Crippen LogP contribution < -0.4 is 5.32 Å². The van der Waals surface area contributed by atoms with Crippen LogP contribution in [0.3, 0.4) is 0 Å². The summed E-state index contributed by atoms with van der Waals surface area (Å²) in [6.07, 6.45) is 4.53. The smallest absolute Gasteiger partial charge is 0.305 e. The number of aryl methyl sites for hydroxylation is 1. The maximum absolute atomic E-state index is 11.7. The van der Waals surface area contributed by atoms with E-state index in [2.05, 4.69) is 15.0 Å². The van der Waals surface area contributed by atoms with Crippen molar-refractivity contribution in [2.75, 3.05) is 13.7 Å². The average Bonchev–Trinajstić information content (AvgIpc) is 2.42. The number of carbonyl (C=O) groups is 2. The molecule has 1 heterocycles. The molecule has 0 saturated carbocycles. The topological polar surface area (TPSA) is 68.3 Å². The van der Waals surface area contributed by atoms with Gasteiger partial charge in [0.05, 0.1) is 12.7 Å². The Morgan fingerprint density at radius 2 is 2.05 bits per heavy atom. The first kappa shape index (κ1) is 15.1. The molecule has 0 spiro atoms. The van der Waals surface area contributed by atoms with E-state index in [9.17, 15) is 9.59 Å². The van der Waals surface area contributed by atoms with Crippen molar-refractivity contribution in [3.05, 3.63) is 29.6 Å². The first-order valence-electron chi connectivity index (χ1n) is 6.41. The third kappa shape index (κ3) is 5.99. The molecule has 1 aromatic rings. The highest BCUT2D eigenvalue weighted by Crippen LogP contribution is 2.02. The molecule has 0 aliphatic rings. The minimum atomic E-state index is -0.185. The summed E-state index contributed by atoms with van der Waals surface area (Å²) in [6, 6.07) is 3.57. The lowest BCUT2D eigenvalue weighted by Crippen LogP contribution is -2.24. The second-order valence-corrected chi connectivity index (χ2v) is 4.33. The number of ether oxygens (including phenoxy) is 1. The number of hydrogen-bond donors (Lipinski definition) is 1. The van der Waals surface area contributed by atoms with Gasteiger partial charge in [-0.15, -0.1) is 0 Å². The minimum Gasteiger partial charge on any atom is -0.469 e. The fraction of sp³-hybridized carbons (Fsp3) is 0.500. The van der Waals surface area contributed by atoms with Gasteiger partial charge in [-0.2, -0.15) is 0 Å². The van der Waals surface area contributed by atoms with Gasteiger partial charge in [-0.3, -0.25) is 14.6 Å². The largest absolute Gasteiger partial charge is 0.469 e. The highest BCUT2D eigenvalue weighted by atomic mass is 16.5. The molecule has 0 aliphatic heterocycles. The van der Waals surface area contributed by atoms with E-state index < -0.39 is 0 Å². The molecule has 0 atom stereocenters. The van der Waals surface area contributed by atoms with Crippen LogP contribution >= 0.6 is 0 Å². The van der Waals surface area contributed by atoms with E-state index in [1.807, 2.05) is 13.0 Å². The molecule has 1 rings (SSSR count). The lowest BCUT2D eigenvalue weighted by molar-refractivity contribution is -0.140. The van der Waals surface area contributed by atoms with Crippen LogP contribution in [0.4, 0.5) is 0 Å². The molecular weight excluding hydrogens is 244 g/mol. The Kier molecular flexibility index (Phi) is 6.57. The Morgan fingerprint density at radius 3 is 2.68 bits per heavy atom. The Balaban J connectivity index is 2.14. The lowest BCUT2D eigenvalue weighted by atomic mass is 10.2. The van der Waals surface area contributed by atoms with E-state index in [1.165, 1.54) is 7.11 Å². The minimum absolute atomic E-state index is 0.111. The Labute approximate surface area is 113 Å². The molecular formula is C14H20N2O3. The molecule has 0 aliphatic carbocycles. The van der Waals surface area contributed by atoms with E-state index in [1.54, 1.807) is 12.3 Å². The number of aromatic nitrogens is 1. The molecule has 0 radical (unpaired) electrons. The van der Waals surface area contributed by atoms with E-state index in [-0.39, 0.29) is 11.9 Å². The number of pyridine rings is 1. The van der Waals surface area contributed by atoms with Gasteiger partial charge in [0, 0.05) is 24.9 Å². The second kappa shape index (κ2) is 8.24. The maximum atomic E-state index is 11.7. The number of rotatable bonds is 7. The van der Waals surface area contributed by atoms with Crippen LogP contribution in [0.25, 0.3) is 0 Å². The zero-order chi connectivity index (χ0) is 14.1. The van der Waals surface area contributed by atoms with Gasteiger partial charge in [-0.1, -0.05) is 6.42 Å². The third-order valence-corrected chi connectivity index (χ3v) is 2.74.